The highest BCUT2D eigenvalue weighted by Crippen LogP contribution is 2.15. The Labute approximate surface area is 64.1 Å². The second-order valence-electron chi connectivity index (χ2n) is 2.28. The molecular formula is C9H5N2. The molecule has 0 atom stereocenters. The zero-order valence-electron chi connectivity index (χ0n) is 5.76. The van der Waals surface area contributed by atoms with E-state index in [-0.39, 0.29) is 0 Å². The second kappa shape index (κ2) is 2.14. The molecule has 2 nitrogen and oxygen atoms in total. The van der Waals surface area contributed by atoms with Gasteiger partial charge in [-0.15, -0.1) is 0 Å². The molecule has 0 aliphatic rings. The minimum absolute atomic E-state index is 0.584. The monoisotopic (exact) mass is 141 g/mol. The maximum atomic E-state index is 8.62. The summed E-state index contributed by atoms with van der Waals surface area (Å²) < 4.78 is 0. The number of hydrogen-bond acceptors (Lipinski definition) is 1. The van der Waals surface area contributed by atoms with Crippen molar-refractivity contribution in [1.82, 2.24) is 4.98 Å². The highest BCUT2D eigenvalue weighted by atomic mass is 14.7. The first-order valence-corrected chi connectivity index (χ1v) is 3.30. The largest absolute Gasteiger partial charge is 0.344 e. The predicted molar refractivity (Wildman–Crippen MR) is 41.8 cm³/mol. The molecule has 0 aliphatic heterocycles. The third-order valence-electron chi connectivity index (χ3n) is 1.63. The van der Waals surface area contributed by atoms with Crippen molar-refractivity contribution in [3.8, 4) is 6.07 Å². The Kier molecular flexibility index (Phi) is 1.16. The van der Waals surface area contributed by atoms with Gasteiger partial charge >= 0.3 is 0 Å². The van der Waals surface area contributed by atoms with Gasteiger partial charge in [-0.05, 0) is 0 Å². The molecule has 0 bridgehead atoms. The molecule has 1 aromatic heterocycles. The molecule has 2 aromatic rings. The number of nitriles is 1. The molecule has 2 rings (SSSR count). The molecule has 1 N–H and O–H groups in total. The van der Waals surface area contributed by atoms with E-state index >= 15 is 0 Å². The molecule has 0 unspecified atom stereocenters. The van der Waals surface area contributed by atoms with E-state index in [1.165, 1.54) is 0 Å². The van der Waals surface area contributed by atoms with E-state index in [0.717, 1.165) is 10.8 Å². The van der Waals surface area contributed by atoms with Gasteiger partial charge in [0.1, 0.15) is 11.8 Å². The van der Waals surface area contributed by atoms with Gasteiger partial charge in [0.15, 0.2) is 0 Å². The van der Waals surface area contributed by atoms with Crippen LogP contribution in [0.1, 0.15) is 5.69 Å². The van der Waals surface area contributed by atoms with Crippen molar-refractivity contribution in [3.63, 3.8) is 0 Å². The number of aromatic nitrogens is 1. The fourth-order valence-corrected chi connectivity index (χ4v) is 1.10. The van der Waals surface area contributed by atoms with Crippen LogP contribution in [0.25, 0.3) is 10.8 Å². The van der Waals surface area contributed by atoms with Crippen LogP contribution < -0.4 is 0 Å². The van der Waals surface area contributed by atoms with Crippen molar-refractivity contribution in [1.29, 1.82) is 5.26 Å². The lowest BCUT2D eigenvalue weighted by atomic mass is 10.2. The summed E-state index contributed by atoms with van der Waals surface area (Å²) in [6, 6.07) is 9.72. The SMILES string of the molecule is N#Cc1[nH][c]c2ccccc12. The van der Waals surface area contributed by atoms with E-state index in [4.69, 9.17) is 5.26 Å². The van der Waals surface area contributed by atoms with Crippen molar-refractivity contribution >= 4 is 10.8 Å². The number of aromatic amines is 1. The quantitative estimate of drug-likeness (QED) is 0.597. The number of nitrogens with zero attached hydrogens (tertiary/aromatic N) is 1. The summed E-state index contributed by atoms with van der Waals surface area (Å²) in [6.07, 6.45) is 2.89. The van der Waals surface area contributed by atoms with E-state index in [1.807, 2.05) is 24.3 Å². The van der Waals surface area contributed by atoms with E-state index < -0.39 is 0 Å². The van der Waals surface area contributed by atoms with E-state index in [2.05, 4.69) is 17.3 Å². The van der Waals surface area contributed by atoms with Gasteiger partial charge in [-0.2, -0.15) is 5.26 Å². The molecule has 0 saturated carbocycles. The van der Waals surface area contributed by atoms with Crippen LogP contribution >= 0.6 is 0 Å². The molecule has 0 aliphatic carbocycles. The van der Waals surface area contributed by atoms with Gasteiger partial charge in [0.2, 0.25) is 0 Å². The lowest BCUT2D eigenvalue weighted by Crippen LogP contribution is -1.70. The Morgan fingerprint density at radius 2 is 2.18 bits per heavy atom. The van der Waals surface area contributed by atoms with Crippen LogP contribution in [0.4, 0.5) is 0 Å². The van der Waals surface area contributed by atoms with Crippen LogP contribution in [0.15, 0.2) is 24.3 Å². The lowest BCUT2D eigenvalue weighted by Gasteiger charge is -1.84. The maximum Gasteiger partial charge on any atom is 0.126 e. The minimum Gasteiger partial charge on any atom is -0.344 e. The van der Waals surface area contributed by atoms with Crippen molar-refractivity contribution < 1.29 is 0 Å². The van der Waals surface area contributed by atoms with Gasteiger partial charge in [-0.25, -0.2) is 0 Å². The topological polar surface area (TPSA) is 39.6 Å². The molecule has 51 valence electrons. The molecule has 0 spiro atoms. The summed E-state index contributed by atoms with van der Waals surface area (Å²) in [7, 11) is 0. The Morgan fingerprint density at radius 1 is 1.36 bits per heavy atom. The molecule has 0 amide bonds. The average Bonchev–Trinajstić information content (AvgIpc) is 2.47. The summed E-state index contributed by atoms with van der Waals surface area (Å²) in [5.41, 5.74) is 0.584. The highest BCUT2D eigenvalue weighted by molar-refractivity contribution is 5.86. The fourth-order valence-electron chi connectivity index (χ4n) is 1.10. The van der Waals surface area contributed by atoms with Gasteiger partial charge in [-0.3, -0.25) is 0 Å². The molecule has 1 radical (unpaired) electrons. The van der Waals surface area contributed by atoms with Crippen LogP contribution in [0.2, 0.25) is 0 Å². The fraction of sp³-hybridized carbons (Fsp3) is 0. The highest BCUT2D eigenvalue weighted by Gasteiger charge is 1.99. The van der Waals surface area contributed by atoms with E-state index in [1.54, 1.807) is 0 Å². The smallest absolute Gasteiger partial charge is 0.126 e. The summed E-state index contributed by atoms with van der Waals surface area (Å²) >= 11 is 0. The van der Waals surface area contributed by atoms with Gasteiger partial charge in [0.05, 0.1) is 6.20 Å². The van der Waals surface area contributed by atoms with Crippen LogP contribution in [-0.2, 0) is 0 Å². The van der Waals surface area contributed by atoms with Gasteiger partial charge in [0.25, 0.3) is 0 Å². The number of H-pyrrole nitrogens is 1. The summed E-state index contributed by atoms with van der Waals surface area (Å²) in [4.78, 5) is 2.78. The number of nitrogens with one attached hydrogen (secondary N) is 1. The number of fused-ring (bicyclic) bond motifs is 1. The molecule has 1 aromatic carbocycles. The Balaban J connectivity index is 2.89. The van der Waals surface area contributed by atoms with Crippen LogP contribution in [-0.4, -0.2) is 4.98 Å². The zero-order chi connectivity index (χ0) is 7.68. The summed E-state index contributed by atoms with van der Waals surface area (Å²) in [6.45, 7) is 0. The van der Waals surface area contributed by atoms with E-state index in [0.29, 0.717) is 5.69 Å². The molecule has 0 saturated heterocycles. The number of hydrogen-bond donors (Lipinski definition) is 1. The average molecular weight is 141 g/mol. The van der Waals surface area contributed by atoms with Crippen molar-refractivity contribution in [2.75, 3.05) is 0 Å². The van der Waals surface area contributed by atoms with Crippen molar-refractivity contribution in [2.24, 2.45) is 0 Å². The first kappa shape index (κ1) is 5.99. The molecule has 0 fully saturated rings. The first-order valence-electron chi connectivity index (χ1n) is 3.30. The number of benzene rings is 1. The summed E-state index contributed by atoms with van der Waals surface area (Å²) in [5.74, 6) is 0. The number of rotatable bonds is 0. The Bertz CT molecular complexity index is 420. The van der Waals surface area contributed by atoms with E-state index in [9.17, 15) is 0 Å². The third kappa shape index (κ3) is 0.786. The minimum atomic E-state index is 0.584. The second-order valence-corrected chi connectivity index (χ2v) is 2.28. The molecule has 2 heteroatoms. The Morgan fingerprint density at radius 3 is 3.00 bits per heavy atom. The van der Waals surface area contributed by atoms with Crippen LogP contribution in [0, 0.1) is 17.5 Å². The van der Waals surface area contributed by atoms with Gasteiger partial charge in [0, 0.05) is 10.8 Å². The maximum absolute atomic E-state index is 8.62. The molecular weight excluding hydrogens is 136 g/mol. The summed E-state index contributed by atoms with van der Waals surface area (Å²) in [5, 5.41) is 10.5. The van der Waals surface area contributed by atoms with Crippen molar-refractivity contribution in [3.05, 3.63) is 36.2 Å². The lowest BCUT2D eigenvalue weighted by molar-refractivity contribution is 1.33. The van der Waals surface area contributed by atoms with Gasteiger partial charge in [-0.1, -0.05) is 24.3 Å². The van der Waals surface area contributed by atoms with Crippen LogP contribution in [0.3, 0.4) is 0 Å². The standard InChI is InChI=1S/C9H5N2/c10-5-9-8-4-2-1-3-7(8)6-11-9/h1-4,11H. The Hall–Kier alpha value is -1.75. The molecule has 1 heterocycles. The predicted octanol–water partition coefficient (Wildman–Crippen LogP) is 1.84. The zero-order valence-corrected chi connectivity index (χ0v) is 5.76. The van der Waals surface area contributed by atoms with Gasteiger partial charge < -0.3 is 4.98 Å². The van der Waals surface area contributed by atoms with Crippen LogP contribution in [0.5, 0.6) is 0 Å². The van der Waals surface area contributed by atoms with Crippen molar-refractivity contribution in [2.45, 2.75) is 0 Å². The first-order chi connectivity index (χ1) is 5.42. The molecule has 11 heavy (non-hydrogen) atoms. The normalized spacial score (nSPS) is 9.73. The third-order valence-corrected chi connectivity index (χ3v) is 1.63.